The van der Waals surface area contributed by atoms with E-state index in [1.807, 2.05) is 68.4 Å². The molecule has 9 heteroatoms. The van der Waals surface area contributed by atoms with Crippen LogP contribution in [0.5, 0.6) is 5.75 Å². The van der Waals surface area contributed by atoms with Crippen molar-refractivity contribution >= 4 is 46.6 Å². The molecule has 2 aromatic carbocycles. The second-order valence-corrected chi connectivity index (χ2v) is 9.69. The number of rotatable bonds is 7. The number of imide groups is 1. The van der Waals surface area contributed by atoms with Gasteiger partial charge in [-0.15, -0.1) is 0 Å². The number of carbonyl (C=O) groups is 3. The first-order valence-corrected chi connectivity index (χ1v) is 12.4. The molecule has 1 aromatic heterocycles. The number of halogens is 1. The summed E-state index contributed by atoms with van der Waals surface area (Å²) >= 11 is 7.02. The molecule has 1 aliphatic heterocycles. The van der Waals surface area contributed by atoms with Gasteiger partial charge in [-0.05, 0) is 80.6 Å². The minimum Gasteiger partial charge on any atom is -0.489 e. The summed E-state index contributed by atoms with van der Waals surface area (Å²) in [4.78, 5) is 38.3. The van der Waals surface area contributed by atoms with Gasteiger partial charge in [0.25, 0.3) is 11.1 Å². The molecule has 0 radical (unpaired) electrons. The van der Waals surface area contributed by atoms with Crippen LogP contribution in [0.4, 0.5) is 4.79 Å². The van der Waals surface area contributed by atoms with Crippen molar-refractivity contribution in [2.24, 2.45) is 0 Å². The molecule has 2 amide bonds. The Balaban J connectivity index is 1.53. The zero-order valence-electron chi connectivity index (χ0n) is 20.3. The third kappa shape index (κ3) is 5.05. The largest absolute Gasteiger partial charge is 0.489 e. The Morgan fingerprint density at radius 1 is 1.11 bits per heavy atom. The molecule has 4 rings (SSSR count). The summed E-state index contributed by atoms with van der Waals surface area (Å²) in [6.45, 7) is 5.76. The number of hydrogen-bond acceptors (Lipinski definition) is 6. The Morgan fingerprint density at radius 2 is 1.81 bits per heavy atom. The molecule has 0 unspecified atom stereocenters. The van der Waals surface area contributed by atoms with E-state index in [0.29, 0.717) is 11.6 Å². The minimum atomic E-state index is -0.987. The van der Waals surface area contributed by atoms with E-state index >= 15 is 0 Å². The van der Waals surface area contributed by atoms with Crippen LogP contribution in [0, 0.1) is 13.8 Å². The number of esters is 1. The third-order valence-corrected chi connectivity index (χ3v) is 7.21. The Hall–Kier alpha value is -3.49. The van der Waals surface area contributed by atoms with E-state index in [2.05, 4.69) is 9.30 Å². The number of benzene rings is 2. The lowest BCUT2D eigenvalue weighted by Gasteiger charge is -2.18. The molecule has 1 atom stereocenters. The standard InChI is InChI=1S/C27H25ClN2O5S/c1-16-13-20(14-24-25(31)30(27(33)36-24)18(3)26(32)34-4)17(2)29(16)21-9-11-22(12-10-21)35-15-19-7-5-6-8-23(19)28/h5-14,18H,15H2,1-4H3/b24-14+/t18-/m1/s1. The molecule has 0 spiro atoms. The van der Waals surface area contributed by atoms with E-state index in [9.17, 15) is 14.4 Å². The van der Waals surface area contributed by atoms with Crippen molar-refractivity contribution in [2.75, 3.05) is 7.11 Å². The highest BCUT2D eigenvalue weighted by atomic mass is 35.5. The number of methoxy groups -OCH3 is 1. The van der Waals surface area contributed by atoms with Crippen molar-refractivity contribution in [3.8, 4) is 11.4 Å². The van der Waals surface area contributed by atoms with Crippen LogP contribution in [0.15, 0.2) is 59.5 Å². The topological polar surface area (TPSA) is 77.8 Å². The van der Waals surface area contributed by atoms with E-state index in [4.69, 9.17) is 16.3 Å². The summed E-state index contributed by atoms with van der Waals surface area (Å²) in [6, 6.07) is 16.2. The Labute approximate surface area is 218 Å². The molecule has 36 heavy (non-hydrogen) atoms. The Morgan fingerprint density at radius 3 is 2.47 bits per heavy atom. The average molecular weight is 525 g/mol. The van der Waals surface area contributed by atoms with Gasteiger partial charge in [-0.25, -0.2) is 4.79 Å². The highest BCUT2D eigenvalue weighted by Gasteiger charge is 2.41. The molecule has 1 fully saturated rings. The summed E-state index contributed by atoms with van der Waals surface area (Å²) in [7, 11) is 1.22. The van der Waals surface area contributed by atoms with Crippen molar-refractivity contribution in [3.05, 3.63) is 87.0 Å². The van der Waals surface area contributed by atoms with Crippen molar-refractivity contribution in [2.45, 2.75) is 33.4 Å². The van der Waals surface area contributed by atoms with Gasteiger partial charge in [0.05, 0.1) is 12.0 Å². The van der Waals surface area contributed by atoms with E-state index < -0.39 is 23.2 Å². The molecular formula is C27H25ClN2O5S. The average Bonchev–Trinajstić information content (AvgIpc) is 3.31. The van der Waals surface area contributed by atoms with Crippen LogP contribution in [0.1, 0.15) is 29.4 Å². The fourth-order valence-corrected chi connectivity index (χ4v) is 5.12. The quantitative estimate of drug-likeness (QED) is 0.282. The van der Waals surface area contributed by atoms with Gasteiger partial charge in [-0.1, -0.05) is 29.8 Å². The van der Waals surface area contributed by atoms with Gasteiger partial charge < -0.3 is 14.0 Å². The molecule has 1 aliphatic rings. The summed E-state index contributed by atoms with van der Waals surface area (Å²) in [5.41, 5.74) is 4.52. The third-order valence-electron chi connectivity index (χ3n) is 5.96. The molecule has 3 aromatic rings. The highest BCUT2D eigenvalue weighted by molar-refractivity contribution is 8.18. The lowest BCUT2D eigenvalue weighted by atomic mass is 10.2. The molecule has 0 N–H and O–H groups in total. The second kappa shape index (κ2) is 10.6. The number of aryl methyl sites for hydroxylation is 1. The second-order valence-electron chi connectivity index (χ2n) is 8.29. The summed E-state index contributed by atoms with van der Waals surface area (Å²) in [6.07, 6.45) is 1.69. The van der Waals surface area contributed by atoms with Crippen LogP contribution >= 0.6 is 23.4 Å². The maximum atomic E-state index is 12.9. The number of thioether (sulfide) groups is 1. The van der Waals surface area contributed by atoms with Gasteiger partial charge in [0.15, 0.2) is 0 Å². The molecular weight excluding hydrogens is 500 g/mol. The number of amides is 2. The Kier molecular flexibility index (Phi) is 7.56. The smallest absolute Gasteiger partial charge is 0.328 e. The molecule has 0 bridgehead atoms. The van der Waals surface area contributed by atoms with Crippen LogP contribution in [0.3, 0.4) is 0 Å². The van der Waals surface area contributed by atoms with Crippen molar-refractivity contribution in [1.29, 1.82) is 0 Å². The number of ether oxygens (including phenoxy) is 2. The fraction of sp³-hybridized carbons (Fsp3) is 0.222. The first kappa shape index (κ1) is 25.6. The molecule has 2 heterocycles. The fourth-order valence-electron chi connectivity index (χ4n) is 4.03. The number of nitrogens with zero attached hydrogens (tertiary/aromatic N) is 2. The van der Waals surface area contributed by atoms with E-state index in [1.165, 1.54) is 14.0 Å². The summed E-state index contributed by atoms with van der Waals surface area (Å²) < 4.78 is 12.6. The number of carbonyl (C=O) groups excluding carboxylic acids is 3. The van der Waals surface area contributed by atoms with Crippen LogP contribution < -0.4 is 4.74 Å². The monoisotopic (exact) mass is 524 g/mol. The number of hydrogen-bond donors (Lipinski definition) is 0. The maximum absolute atomic E-state index is 12.9. The molecule has 0 saturated carbocycles. The van der Waals surface area contributed by atoms with Crippen molar-refractivity contribution in [3.63, 3.8) is 0 Å². The Bertz CT molecular complexity index is 1360. The van der Waals surface area contributed by atoms with Crippen LogP contribution in [0.2, 0.25) is 5.02 Å². The molecule has 1 saturated heterocycles. The van der Waals surface area contributed by atoms with Crippen molar-refractivity contribution < 1.29 is 23.9 Å². The molecule has 186 valence electrons. The molecule has 0 aliphatic carbocycles. The van der Waals surface area contributed by atoms with Gasteiger partial charge in [-0.2, -0.15) is 0 Å². The SMILES string of the molecule is COC(=O)[C@@H](C)N1C(=O)S/C(=C/c2cc(C)n(-c3ccc(OCc4ccccc4Cl)cc3)c2C)C1=O. The first-order valence-electron chi connectivity index (χ1n) is 11.2. The van der Waals surface area contributed by atoms with Gasteiger partial charge in [0, 0.05) is 27.7 Å². The van der Waals surface area contributed by atoms with Crippen LogP contribution in [0.25, 0.3) is 11.8 Å². The van der Waals surface area contributed by atoms with Crippen LogP contribution in [-0.4, -0.2) is 39.7 Å². The van der Waals surface area contributed by atoms with Gasteiger partial charge in [0.2, 0.25) is 0 Å². The van der Waals surface area contributed by atoms with Crippen molar-refractivity contribution in [1.82, 2.24) is 9.47 Å². The normalized spacial score (nSPS) is 15.5. The van der Waals surface area contributed by atoms with Crippen LogP contribution in [-0.2, 0) is 20.9 Å². The zero-order valence-corrected chi connectivity index (χ0v) is 21.9. The van der Waals surface area contributed by atoms with Gasteiger partial charge >= 0.3 is 5.97 Å². The van der Waals surface area contributed by atoms with Gasteiger partial charge in [-0.3, -0.25) is 14.5 Å². The van der Waals surface area contributed by atoms with E-state index in [-0.39, 0.29) is 4.91 Å². The first-order chi connectivity index (χ1) is 17.2. The maximum Gasteiger partial charge on any atom is 0.328 e. The highest BCUT2D eigenvalue weighted by Crippen LogP contribution is 2.35. The summed E-state index contributed by atoms with van der Waals surface area (Å²) in [5.74, 6) is -0.432. The minimum absolute atomic E-state index is 0.263. The predicted octanol–water partition coefficient (Wildman–Crippen LogP) is 5.92. The van der Waals surface area contributed by atoms with Gasteiger partial charge in [0.1, 0.15) is 18.4 Å². The predicted molar refractivity (Wildman–Crippen MR) is 140 cm³/mol. The van der Waals surface area contributed by atoms with E-state index in [0.717, 1.165) is 50.6 Å². The van der Waals surface area contributed by atoms with E-state index in [1.54, 1.807) is 6.08 Å². The number of aromatic nitrogens is 1. The molecule has 7 nitrogen and oxygen atoms in total. The summed E-state index contributed by atoms with van der Waals surface area (Å²) in [5, 5.41) is 0.170. The zero-order chi connectivity index (χ0) is 26.0. The lowest BCUT2D eigenvalue weighted by molar-refractivity contribution is -0.148. The lowest BCUT2D eigenvalue weighted by Crippen LogP contribution is -2.42.